The van der Waals surface area contributed by atoms with Crippen molar-refractivity contribution in [1.29, 1.82) is 0 Å². The number of rotatable bonds is 12. The Hall–Kier alpha value is -5.99. The van der Waals surface area contributed by atoms with Gasteiger partial charge in [0.2, 0.25) is 41.4 Å². The number of fused-ring (bicyclic) bond motifs is 2. The molecule has 0 aliphatic carbocycles. The van der Waals surface area contributed by atoms with Crippen LogP contribution in [-0.2, 0) is 55.1 Å². The van der Waals surface area contributed by atoms with Crippen LogP contribution in [0.5, 0.6) is 11.5 Å². The highest BCUT2D eigenvalue weighted by Gasteiger charge is 2.50. The molecule has 30 heteroatoms. The molecule has 3 saturated heterocycles. The van der Waals surface area contributed by atoms with E-state index in [0.29, 0.717) is 0 Å². The molecule has 8 amide bonds. The molecular formula is C43H67N9O20S. The highest BCUT2D eigenvalue weighted by Crippen LogP contribution is 2.30. The fourth-order valence-electron chi connectivity index (χ4n) is 8.22. The van der Waals surface area contributed by atoms with Crippen molar-refractivity contribution in [2.45, 2.75) is 139 Å². The number of ether oxygens (including phenoxy) is 1. The van der Waals surface area contributed by atoms with Crippen molar-refractivity contribution in [3.05, 3.63) is 23.8 Å². The average Bonchev–Trinajstić information content (AvgIpc) is 3.82. The van der Waals surface area contributed by atoms with Crippen molar-refractivity contribution in [2.24, 2.45) is 11.7 Å². The summed E-state index contributed by atoms with van der Waals surface area (Å²) >= 11 is 0. The number of carbonyl (C=O) groups excluding carboxylic acids is 8. The maximum absolute atomic E-state index is 14.7. The van der Waals surface area contributed by atoms with E-state index in [2.05, 4.69) is 30.8 Å². The number of benzene rings is 1. The molecule has 0 unspecified atom stereocenters. The van der Waals surface area contributed by atoms with Crippen molar-refractivity contribution in [3.8, 4) is 11.5 Å². The lowest BCUT2D eigenvalue weighted by Gasteiger charge is -2.34. The molecule has 1 aromatic rings. The fraction of sp³-hybridized carbons (Fsp3) is 0.674. The maximum atomic E-state index is 14.7. The lowest BCUT2D eigenvalue weighted by Crippen LogP contribution is -2.64. The number of aliphatic hydroxyl groups is 6. The molecule has 4 rings (SSSR count). The van der Waals surface area contributed by atoms with E-state index < -0.39 is 199 Å². The van der Waals surface area contributed by atoms with Gasteiger partial charge < -0.3 is 91.7 Å². The maximum Gasteiger partial charge on any atom is 0.446 e. The first-order chi connectivity index (χ1) is 33.8. The molecule has 29 nitrogen and oxygen atoms in total. The zero-order valence-corrected chi connectivity index (χ0v) is 41.7. The molecule has 0 bridgehead atoms. The Balaban J connectivity index is 1.81. The largest absolute Gasteiger partial charge is 0.504 e. The van der Waals surface area contributed by atoms with Gasteiger partial charge in [0.1, 0.15) is 35.8 Å². The third-order valence-corrected chi connectivity index (χ3v) is 12.4. The van der Waals surface area contributed by atoms with Gasteiger partial charge in [0.25, 0.3) is 0 Å². The van der Waals surface area contributed by atoms with E-state index in [-0.39, 0.29) is 18.7 Å². The Labute approximate surface area is 419 Å². The second-order valence-electron chi connectivity index (χ2n) is 19.3. The van der Waals surface area contributed by atoms with Crippen molar-refractivity contribution < 1.29 is 96.0 Å². The molecule has 410 valence electrons. The summed E-state index contributed by atoms with van der Waals surface area (Å²) in [4.78, 5) is 113. The van der Waals surface area contributed by atoms with Gasteiger partial charge >= 0.3 is 16.5 Å². The minimum absolute atomic E-state index is 0.103. The Morgan fingerprint density at radius 2 is 1.49 bits per heavy atom. The molecule has 3 fully saturated rings. The number of nitrogens with two attached hydrogens (primary N) is 1. The number of likely N-dealkylation sites (N-methyl/N-ethyl adjacent to an activating group) is 1. The van der Waals surface area contributed by atoms with E-state index in [1.54, 1.807) is 20.8 Å². The van der Waals surface area contributed by atoms with Gasteiger partial charge in [0.15, 0.2) is 11.5 Å². The monoisotopic (exact) mass is 1060 g/mol. The van der Waals surface area contributed by atoms with Gasteiger partial charge in [-0.25, -0.2) is 4.79 Å². The fourth-order valence-corrected chi connectivity index (χ4v) is 8.58. The third-order valence-electron chi connectivity index (χ3n) is 12.0. The molecule has 0 saturated carbocycles. The van der Waals surface area contributed by atoms with Crippen LogP contribution in [0.15, 0.2) is 18.2 Å². The SMILES string of the molecule is C[C@@H](O)[C@@H]1NC(=O)[C@@H](N)C[C@@H](O)CNC(=O)[C@@H]2[C@@H](O)[C@@H](C)CN2C(=O)[C@H]([C@H](O)CC(=O)NCCN(C)C(=O)OC(C)(C)C)NC(=O)[C@H]([C@H](O)Cc2ccc(O)c(OS(=O)(=O)O)c2)NC(=O)[C@@H]2C[C@@H](O)CN2C1=O. The summed E-state index contributed by atoms with van der Waals surface area (Å²) in [5.41, 5.74) is 5.06. The van der Waals surface area contributed by atoms with Gasteiger partial charge in [-0.3, -0.25) is 38.1 Å². The van der Waals surface area contributed by atoms with Crippen LogP contribution in [0, 0.1) is 5.92 Å². The first-order valence-corrected chi connectivity index (χ1v) is 24.5. The normalized spacial score (nSPS) is 28.5. The number of phenolic OH excluding ortho intramolecular Hbond substituents is 1. The average molecular weight is 1060 g/mol. The summed E-state index contributed by atoms with van der Waals surface area (Å²) in [6.07, 6.45) is -14.2. The number of hydrogen-bond acceptors (Lipinski definition) is 20. The van der Waals surface area contributed by atoms with E-state index in [9.17, 15) is 87.1 Å². The summed E-state index contributed by atoms with van der Waals surface area (Å²) < 4.78 is 41.9. The molecule has 0 aromatic heterocycles. The predicted molar refractivity (Wildman–Crippen MR) is 248 cm³/mol. The lowest BCUT2D eigenvalue weighted by molar-refractivity contribution is -0.147. The van der Waals surface area contributed by atoms with Crippen LogP contribution < -0.4 is 36.5 Å². The number of β-amino-alcohol motifs (C(OH)–C–C–N with tert-alkyl or cyclic N) is 1. The van der Waals surface area contributed by atoms with Crippen LogP contribution in [0.4, 0.5) is 4.79 Å². The van der Waals surface area contributed by atoms with Gasteiger partial charge in [-0.1, -0.05) is 13.0 Å². The van der Waals surface area contributed by atoms with E-state index in [4.69, 9.17) is 10.5 Å². The second-order valence-corrected chi connectivity index (χ2v) is 20.4. The lowest BCUT2D eigenvalue weighted by atomic mass is 9.98. The first-order valence-electron chi connectivity index (χ1n) is 23.1. The van der Waals surface area contributed by atoms with Gasteiger partial charge in [-0.2, -0.15) is 8.42 Å². The van der Waals surface area contributed by atoms with Crippen LogP contribution in [0.2, 0.25) is 0 Å². The molecule has 1 aromatic carbocycles. The van der Waals surface area contributed by atoms with Crippen molar-refractivity contribution in [2.75, 3.05) is 39.8 Å². The second kappa shape index (κ2) is 24.8. The highest BCUT2D eigenvalue weighted by molar-refractivity contribution is 7.81. The van der Waals surface area contributed by atoms with E-state index in [1.807, 2.05) is 0 Å². The van der Waals surface area contributed by atoms with Crippen LogP contribution in [0.3, 0.4) is 0 Å². The number of nitrogens with zero attached hydrogens (tertiary/aromatic N) is 3. The molecule has 3 heterocycles. The smallest absolute Gasteiger partial charge is 0.446 e. The molecule has 13 atom stereocenters. The van der Waals surface area contributed by atoms with Crippen molar-refractivity contribution in [1.82, 2.24) is 41.3 Å². The van der Waals surface area contributed by atoms with Crippen molar-refractivity contribution >= 4 is 57.8 Å². The van der Waals surface area contributed by atoms with Crippen LogP contribution in [0.1, 0.15) is 59.4 Å². The van der Waals surface area contributed by atoms with E-state index in [0.717, 1.165) is 39.8 Å². The zero-order valence-electron chi connectivity index (χ0n) is 40.9. The predicted octanol–water partition coefficient (Wildman–Crippen LogP) is -6.58. The van der Waals surface area contributed by atoms with Gasteiger partial charge in [-0.05, 0) is 51.8 Å². The van der Waals surface area contributed by atoms with Crippen molar-refractivity contribution in [3.63, 3.8) is 0 Å². The van der Waals surface area contributed by atoms with E-state index in [1.165, 1.54) is 14.0 Å². The Morgan fingerprint density at radius 1 is 0.877 bits per heavy atom. The Morgan fingerprint density at radius 3 is 2.11 bits per heavy atom. The summed E-state index contributed by atoms with van der Waals surface area (Å²) in [5.74, 6) is -10.8. The number of phenols is 1. The van der Waals surface area contributed by atoms with Crippen LogP contribution >= 0.6 is 0 Å². The highest BCUT2D eigenvalue weighted by atomic mass is 32.3. The van der Waals surface area contributed by atoms with Gasteiger partial charge in [0.05, 0.1) is 49.1 Å². The third kappa shape index (κ3) is 16.5. The van der Waals surface area contributed by atoms with Crippen LogP contribution in [-0.4, -0.2) is 229 Å². The Kier molecular flexibility index (Phi) is 20.3. The molecule has 0 spiro atoms. The molecule has 15 N–H and O–H groups in total. The molecule has 0 radical (unpaired) electrons. The first kappa shape index (κ1) is 59.6. The topological polar surface area (TPSA) is 447 Å². The van der Waals surface area contributed by atoms with Crippen LogP contribution in [0.25, 0.3) is 0 Å². The Bertz CT molecular complexity index is 2320. The number of hydrogen-bond donors (Lipinski definition) is 14. The van der Waals surface area contributed by atoms with Gasteiger partial charge in [-0.15, -0.1) is 0 Å². The molecule has 3 aliphatic heterocycles. The number of carbonyl (C=O) groups is 8. The number of amides is 8. The minimum Gasteiger partial charge on any atom is -0.504 e. The minimum atomic E-state index is -5.23. The summed E-state index contributed by atoms with van der Waals surface area (Å²) in [6.45, 7) is 5.54. The summed E-state index contributed by atoms with van der Waals surface area (Å²) in [5, 5.41) is 88.7. The molecule has 3 aliphatic rings. The molecular weight excluding hydrogens is 995 g/mol. The zero-order chi connectivity index (χ0) is 55.0. The van der Waals surface area contributed by atoms with Gasteiger partial charge in [0, 0.05) is 58.5 Å². The summed E-state index contributed by atoms with van der Waals surface area (Å²) in [6, 6.07) is -8.66. The number of aromatic hydroxyl groups is 1. The number of nitrogens with one attached hydrogen (secondary N) is 5. The van der Waals surface area contributed by atoms with E-state index >= 15 is 0 Å². The summed E-state index contributed by atoms with van der Waals surface area (Å²) in [7, 11) is -3.84. The quantitative estimate of drug-likeness (QED) is 0.0866. The number of aliphatic hydroxyl groups excluding tert-OH is 6. The standard InChI is InChI=1S/C43H67N9O20S/c1-19-17-52-34(35(19)60)39(64)46-16-22(54)13-24(44)36(61)47-31(20(2)53)40(65)51-18-23(55)14-25(51)37(62)48-32(27(57)11-21-7-8-26(56)29(12-21)72-73(68,69)70)38(63)49-33(41(52)66)28(58)15-30(59)45-9-10-50(6)42(67)71-43(3,4)5/h7-8,12,19-20,22-25,27-28,31-35,53-58,60H,9-11,13-18,44H2,1-6H3,(H,45,59)(H,46,64)(H,47,61)(H,48,62)(H,49,63)(H,68,69,70)/t19-,20+,22+,23+,24-,25-,27+,28+,31-,32-,33-,34-,35-/m0/s1. The molecule has 73 heavy (non-hydrogen) atoms.